The molecule has 0 amide bonds. The van der Waals surface area contributed by atoms with Crippen molar-refractivity contribution in [1.82, 2.24) is 4.98 Å². The fraction of sp³-hybridized carbons (Fsp3) is 0.0476. The summed E-state index contributed by atoms with van der Waals surface area (Å²) in [6.07, 6.45) is 4.89. The molecule has 0 radical (unpaired) electrons. The Bertz CT molecular complexity index is 985. The summed E-state index contributed by atoms with van der Waals surface area (Å²) in [6.45, 7) is 0. The average Bonchev–Trinajstić information content (AvgIpc) is 2.68. The first-order chi connectivity index (χ1) is 13.1. The number of hydrogen-bond acceptors (Lipinski definition) is 5. The van der Waals surface area contributed by atoms with Crippen LogP contribution in [0, 0.1) is 0 Å². The lowest BCUT2D eigenvalue weighted by Crippen LogP contribution is -1.99. The second kappa shape index (κ2) is 8.38. The number of nitrogens with zero attached hydrogens (tertiary/aromatic N) is 1. The van der Waals surface area contributed by atoms with E-state index in [1.807, 2.05) is 24.3 Å². The largest absolute Gasteiger partial charge is 0.495 e. The van der Waals surface area contributed by atoms with E-state index < -0.39 is 0 Å². The molecule has 0 aliphatic rings. The summed E-state index contributed by atoms with van der Waals surface area (Å²) in [5.41, 5.74) is 8.40. The van der Waals surface area contributed by atoms with Crippen LogP contribution in [-0.2, 0) is 0 Å². The van der Waals surface area contributed by atoms with E-state index in [2.05, 4.69) is 10.3 Å². The first-order valence-corrected chi connectivity index (χ1v) is 8.58. The Labute approximate surface area is 162 Å². The van der Waals surface area contributed by atoms with Crippen molar-refractivity contribution in [3.05, 3.63) is 83.0 Å². The van der Waals surface area contributed by atoms with Crippen molar-refractivity contribution < 1.29 is 9.53 Å². The van der Waals surface area contributed by atoms with Crippen molar-refractivity contribution in [2.45, 2.75) is 0 Å². The van der Waals surface area contributed by atoms with Crippen LogP contribution in [0.5, 0.6) is 5.75 Å². The molecule has 0 atom stereocenters. The molecule has 0 aliphatic carbocycles. The number of nitrogen functional groups attached to an aromatic ring is 1. The summed E-state index contributed by atoms with van der Waals surface area (Å²) >= 11 is 5.91. The third-order valence-electron chi connectivity index (χ3n) is 3.87. The molecule has 6 heteroatoms. The van der Waals surface area contributed by atoms with Crippen LogP contribution < -0.4 is 15.8 Å². The predicted octanol–water partition coefficient (Wildman–Crippen LogP) is 4.97. The highest BCUT2D eigenvalue weighted by molar-refractivity contribution is 6.30. The van der Waals surface area contributed by atoms with Crippen LogP contribution in [0.1, 0.15) is 15.9 Å². The van der Waals surface area contributed by atoms with E-state index in [1.165, 1.54) is 13.2 Å². The molecule has 0 bridgehead atoms. The molecule has 1 heterocycles. The van der Waals surface area contributed by atoms with Gasteiger partial charge in [-0.3, -0.25) is 4.79 Å². The molecule has 0 saturated heterocycles. The van der Waals surface area contributed by atoms with Crippen molar-refractivity contribution in [2.24, 2.45) is 0 Å². The second-order valence-electron chi connectivity index (χ2n) is 5.73. The summed E-state index contributed by atoms with van der Waals surface area (Å²) in [7, 11) is 1.53. The van der Waals surface area contributed by atoms with Crippen LogP contribution in [0.25, 0.3) is 6.08 Å². The number of nitrogens with two attached hydrogens (primary N) is 1. The molecule has 0 aliphatic heterocycles. The standard InChI is InChI=1S/C21H18ClN3O2/c1-27-20-11-5-15(13-18(20)23)19(26)10-4-14-3-2-12-24-21(14)25-17-8-6-16(22)7-9-17/h2-13H,23H2,1H3,(H,24,25)/b10-4+. The minimum atomic E-state index is -0.161. The third kappa shape index (κ3) is 4.65. The average molecular weight is 380 g/mol. The number of hydrogen-bond donors (Lipinski definition) is 2. The lowest BCUT2D eigenvalue weighted by molar-refractivity contribution is 0.104. The van der Waals surface area contributed by atoms with Gasteiger partial charge in [-0.25, -0.2) is 4.98 Å². The van der Waals surface area contributed by atoms with Crippen molar-refractivity contribution in [3.63, 3.8) is 0 Å². The molecule has 0 fully saturated rings. The van der Waals surface area contributed by atoms with Crippen molar-refractivity contribution in [2.75, 3.05) is 18.2 Å². The molecule has 3 N–H and O–H groups in total. The van der Waals surface area contributed by atoms with Crippen LogP contribution in [-0.4, -0.2) is 17.9 Å². The van der Waals surface area contributed by atoms with Crippen LogP contribution >= 0.6 is 11.6 Å². The van der Waals surface area contributed by atoms with Crippen LogP contribution in [0.15, 0.2) is 66.9 Å². The number of carbonyl (C=O) groups is 1. The quantitative estimate of drug-likeness (QED) is 0.359. The smallest absolute Gasteiger partial charge is 0.185 e. The van der Waals surface area contributed by atoms with Crippen LogP contribution in [0.4, 0.5) is 17.2 Å². The highest BCUT2D eigenvalue weighted by Gasteiger charge is 2.07. The summed E-state index contributed by atoms with van der Waals surface area (Å²) in [4.78, 5) is 16.8. The van der Waals surface area contributed by atoms with Gasteiger partial charge in [-0.2, -0.15) is 0 Å². The number of aromatic nitrogens is 1. The number of halogens is 1. The summed E-state index contributed by atoms with van der Waals surface area (Å²) in [6, 6.07) is 15.9. The zero-order chi connectivity index (χ0) is 19.2. The van der Waals surface area contributed by atoms with Crippen LogP contribution in [0.2, 0.25) is 5.02 Å². The molecule has 1 aromatic heterocycles. The molecule has 0 unspecified atom stereocenters. The van der Waals surface area contributed by atoms with Gasteiger partial charge in [-0.05, 0) is 66.7 Å². The lowest BCUT2D eigenvalue weighted by atomic mass is 10.1. The molecule has 0 spiro atoms. The maximum absolute atomic E-state index is 12.4. The lowest BCUT2D eigenvalue weighted by Gasteiger charge is -2.08. The minimum absolute atomic E-state index is 0.161. The normalized spacial score (nSPS) is 10.7. The Morgan fingerprint density at radius 2 is 1.96 bits per heavy atom. The monoisotopic (exact) mass is 379 g/mol. The molecule has 136 valence electrons. The maximum atomic E-state index is 12.4. The van der Waals surface area contributed by atoms with Gasteiger partial charge in [0.15, 0.2) is 5.78 Å². The van der Waals surface area contributed by atoms with Gasteiger partial charge < -0.3 is 15.8 Å². The number of nitrogens with one attached hydrogen (secondary N) is 1. The summed E-state index contributed by atoms with van der Waals surface area (Å²) < 4.78 is 5.11. The van der Waals surface area contributed by atoms with Gasteiger partial charge in [0.25, 0.3) is 0 Å². The van der Waals surface area contributed by atoms with E-state index in [1.54, 1.807) is 42.6 Å². The van der Waals surface area contributed by atoms with Gasteiger partial charge in [-0.15, -0.1) is 0 Å². The number of allylic oxidation sites excluding steroid dienone is 1. The van der Waals surface area contributed by atoms with Crippen molar-refractivity contribution in [3.8, 4) is 5.75 Å². The van der Waals surface area contributed by atoms with Gasteiger partial charge in [0.2, 0.25) is 0 Å². The minimum Gasteiger partial charge on any atom is -0.495 e. The zero-order valence-electron chi connectivity index (χ0n) is 14.6. The van der Waals surface area contributed by atoms with Gasteiger partial charge >= 0.3 is 0 Å². The Kier molecular flexibility index (Phi) is 5.74. The Hall–Kier alpha value is -3.31. The van der Waals surface area contributed by atoms with Gasteiger partial charge in [0, 0.05) is 28.0 Å². The van der Waals surface area contributed by atoms with Crippen molar-refractivity contribution >= 4 is 40.7 Å². The number of anilines is 3. The Morgan fingerprint density at radius 1 is 1.19 bits per heavy atom. The number of rotatable bonds is 6. The van der Waals surface area contributed by atoms with E-state index in [9.17, 15) is 4.79 Å². The number of ether oxygens (including phenoxy) is 1. The number of benzene rings is 2. The maximum Gasteiger partial charge on any atom is 0.185 e. The first-order valence-electron chi connectivity index (χ1n) is 8.20. The second-order valence-corrected chi connectivity index (χ2v) is 6.16. The number of carbonyl (C=O) groups excluding carboxylic acids is 1. The van der Waals surface area contributed by atoms with E-state index in [0.29, 0.717) is 27.8 Å². The molecule has 5 nitrogen and oxygen atoms in total. The van der Waals surface area contributed by atoms with E-state index >= 15 is 0 Å². The van der Waals surface area contributed by atoms with E-state index in [4.69, 9.17) is 22.1 Å². The van der Waals surface area contributed by atoms with Crippen molar-refractivity contribution in [1.29, 1.82) is 0 Å². The molecule has 3 rings (SSSR count). The number of ketones is 1. The van der Waals surface area contributed by atoms with E-state index in [-0.39, 0.29) is 5.78 Å². The fourth-order valence-corrected chi connectivity index (χ4v) is 2.60. The van der Waals surface area contributed by atoms with Gasteiger partial charge in [0.05, 0.1) is 12.8 Å². The highest BCUT2D eigenvalue weighted by atomic mass is 35.5. The Morgan fingerprint density at radius 3 is 2.67 bits per heavy atom. The Balaban J connectivity index is 1.79. The predicted molar refractivity (Wildman–Crippen MR) is 110 cm³/mol. The highest BCUT2D eigenvalue weighted by Crippen LogP contribution is 2.24. The van der Waals surface area contributed by atoms with E-state index in [0.717, 1.165) is 11.3 Å². The third-order valence-corrected chi connectivity index (χ3v) is 4.13. The molecule has 3 aromatic rings. The summed E-state index contributed by atoms with van der Waals surface area (Å²) in [5, 5.41) is 3.88. The van der Waals surface area contributed by atoms with Crippen LogP contribution in [0.3, 0.4) is 0 Å². The first kappa shape index (κ1) is 18.5. The van der Waals surface area contributed by atoms with Gasteiger partial charge in [0.1, 0.15) is 11.6 Å². The molecule has 2 aromatic carbocycles. The topological polar surface area (TPSA) is 77.2 Å². The number of pyridine rings is 1. The zero-order valence-corrected chi connectivity index (χ0v) is 15.4. The SMILES string of the molecule is COc1ccc(C(=O)/C=C/c2cccnc2Nc2ccc(Cl)cc2)cc1N. The van der Waals surface area contributed by atoms with Gasteiger partial charge in [-0.1, -0.05) is 11.6 Å². The number of methoxy groups -OCH3 is 1. The molecular weight excluding hydrogens is 362 g/mol. The summed E-state index contributed by atoms with van der Waals surface area (Å²) in [5.74, 6) is 1.01. The molecule has 27 heavy (non-hydrogen) atoms. The molecule has 0 saturated carbocycles. The fourth-order valence-electron chi connectivity index (χ4n) is 2.48. The molecular formula is C21H18ClN3O2.